The fourth-order valence-corrected chi connectivity index (χ4v) is 3.78. The van der Waals surface area contributed by atoms with Crippen LogP contribution in [0.2, 0.25) is 0 Å². The van der Waals surface area contributed by atoms with Gasteiger partial charge in [-0.3, -0.25) is 0 Å². The van der Waals surface area contributed by atoms with E-state index in [1.807, 2.05) is 31.2 Å². The van der Waals surface area contributed by atoms with Crippen molar-refractivity contribution in [1.29, 1.82) is 0 Å². The quantitative estimate of drug-likeness (QED) is 0.842. The summed E-state index contributed by atoms with van der Waals surface area (Å²) in [6.07, 6.45) is 2.18. The maximum atomic E-state index is 12.5. The number of carbonyl (C=O) groups is 1. The number of methoxy groups -OCH3 is 1. The summed E-state index contributed by atoms with van der Waals surface area (Å²) in [6, 6.07) is 14.3. The average Bonchev–Trinajstić information content (AvgIpc) is 2.66. The van der Waals surface area contributed by atoms with Gasteiger partial charge in [-0.1, -0.05) is 30.3 Å². The molecule has 1 N–H and O–H groups in total. The van der Waals surface area contributed by atoms with Gasteiger partial charge < -0.3 is 14.8 Å². The Balaban J connectivity index is 1.88. The predicted octanol–water partition coefficient (Wildman–Crippen LogP) is 4.02. The summed E-state index contributed by atoms with van der Waals surface area (Å²) in [6.45, 7) is 2.84. The molecule has 0 saturated heterocycles. The molecule has 128 valence electrons. The van der Waals surface area contributed by atoms with Crippen molar-refractivity contribution in [3.8, 4) is 5.75 Å². The Hall–Kier alpha value is -2.75. The smallest absolute Gasteiger partial charge is 0.338 e. The molecular weight excluding hydrogens is 314 g/mol. The van der Waals surface area contributed by atoms with E-state index in [2.05, 4.69) is 23.5 Å². The van der Waals surface area contributed by atoms with Gasteiger partial charge in [0.1, 0.15) is 11.5 Å². The molecule has 1 atom stereocenters. The molecule has 0 aliphatic carbocycles. The summed E-state index contributed by atoms with van der Waals surface area (Å²) < 4.78 is 10.9. The third-order valence-corrected chi connectivity index (χ3v) is 4.97. The fraction of sp³-hybridized carbons (Fsp3) is 0.286. The molecule has 0 radical (unpaired) electrons. The van der Waals surface area contributed by atoms with E-state index in [0.29, 0.717) is 11.3 Å². The van der Waals surface area contributed by atoms with Crippen molar-refractivity contribution in [3.63, 3.8) is 0 Å². The molecule has 0 aromatic heterocycles. The molecule has 2 heterocycles. The van der Waals surface area contributed by atoms with Gasteiger partial charge in [0.05, 0.1) is 12.7 Å². The summed E-state index contributed by atoms with van der Waals surface area (Å²) in [7, 11) is 1.41. The zero-order valence-electron chi connectivity index (χ0n) is 14.5. The molecule has 4 nitrogen and oxygen atoms in total. The Bertz CT molecular complexity index is 869. The number of anilines is 1. The first-order chi connectivity index (χ1) is 12.2. The first-order valence-corrected chi connectivity index (χ1v) is 8.61. The van der Waals surface area contributed by atoms with Gasteiger partial charge in [-0.05, 0) is 43.0 Å². The van der Waals surface area contributed by atoms with Gasteiger partial charge in [0, 0.05) is 23.7 Å². The number of fused-ring (bicyclic) bond motifs is 2. The monoisotopic (exact) mass is 335 g/mol. The Morgan fingerprint density at radius 3 is 2.92 bits per heavy atom. The summed E-state index contributed by atoms with van der Waals surface area (Å²) in [5, 5.41) is 3.44. The van der Waals surface area contributed by atoms with Crippen molar-refractivity contribution in [2.45, 2.75) is 25.7 Å². The van der Waals surface area contributed by atoms with Crippen molar-refractivity contribution in [3.05, 3.63) is 70.5 Å². The molecule has 25 heavy (non-hydrogen) atoms. The Kier molecular flexibility index (Phi) is 3.96. The molecule has 4 rings (SSSR count). The van der Waals surface area contributed by atoms with Gasteiger partial charge in [0.15, 0.2) is 0 Å². The van der Waals surface area contributed by atoms with E-state index in [-0.39, 0.29) is 11.9 Å². The lowest BCUT2D eigenvalue weighted by molar-refractivity contribution is -0.136. The van der Waals surface area contributed by atoms with Gasteiger partial charge in [0.25, 0.3) is 0 Å². The fourth-order valence-electron chi connectivity index (χ4n) is 3.78. The molecule has 0 bridgehead atoms. The van der Waals surface area contributed by atoms with E-state index in [1.165, 1.54) is 18.4 Å². The topological polar surface area (TPSA) is 47.6 Å². The third kappa shape index (κ3) is 2.68. The number of allylic oxidation sites excluding steroid dienone is 1. The number of nitrogens with one attached hydrogen (secondary N) is 1. The number of carbonyl (C=O) groups excluding carboxylic acids is 1. The highest BCUT2D eigenvalue weighted by Gasteiger charge is 2.34. The van der Waals surface area contributed by atoms with Crippen LogP contribution in [0.4, 0.5) is 5.69 Å². The normalized spacial score (nSPS) is 18.6. The summed E-state index contributed by atoms with van der Waals surface area (Å²) >= 11 is 0. The largest absolute Gasteiger partial charge is 0.466 e. The van der Waals surface area contributed by atoms with Crippen LogP contribution in [-0.4, -0.2) is 19.6 Å². The molecule has 0 fully saturated rings. The minimum Gasteiger partial charge on any atom is -0.466 e. The number of ether oxygens (including phenoxy) is 2. The Labute approximate surface area is 147 Å². The van der Waals surface area contributed by atoms with Gasteiger partial charge in [-0.25, -0.2) is 4.79 Å². The first kappa shape index (κ1) is 15.8. The first-order valence-electron chi connectivity index (χ1n) is 8.61. The van der Waals surface area contributed by atoms with Crippen molar-refractivity contribution in [2.75, 3.05) is 19.0 Å². The summed E-state index contributed by atoms with van der Waals surface area (Å²) in [5.41, 5.74) is 5.16. The van der Waals surface area contributed by atoms with Gasteiger partial charge >= 0.3 is 5.97 Å². The number of benzene rings is 2. The van der Waals surface area contributed by atoms with E-state index in [0.717, 1.165) is 36.3 Å². The molecule has 4 heteroatoms. The Morgan fingerprint density at radius 2 is 2.08 bits per heavy atom. The molecule has 2 aromatic rings. The standard InChI is InChI=1S/C21H21NO3/c1-13-19(21(23)24-2)20(16-7-3-4-8-18(16)25-13)15-9-10-17-14(12-15)6-5-11-22-17/h3-4,7-10,12,20,22H,5-6,11H2,1-2H3/t20-/m1/s1. The maximum Gasteiger partial charge on any atom is 0.338 e. The molecule has 2 aromatic carbocycles. The maximum absolute atomic E-state index is 12.5. The van der Waals surface area contributed by atoms with Crippen molar-refractivity contribution in [1.82, 2.24) is 0 Å². The predicted molar refractivity (Wildman–Crippen MR) is 96.9 cm³/mol. The molecule has 0 amide bonds. The van der Waals surface area contributed by atoms with Crippen LogP contribution in [0.5, 0.6) is 5.75 Å². The highest BCUT2D eigenvalue weighted by atomic mass is 16.5. The lowest BCUT2D eigenvalue weighted by atomic mass is 9.81. The lowest BCUT2D eigenvalue weighted by Crippen LogP contribution is -2.23. The number of rotatable bonds is 2. The highest BCUT2D eigenvalue weighted by molar-refractivity contribution is 5.92. The van der Waals surface area contributed by atoms with E-state index in [9.17, 15) is 4.79 Å². The van der Waals surface area contributed by atoms with Crippen LogP contribution in [0, 0.1) is 0 Å². The minimum atomic E-state index is -0.340. The summed E-state index contributed by atoms with van der Waals surface area (Å²) in [4.78, 5) is 12.5. The van der Waals surface area contributed by atoms with Crippen LogP contribution < -0.4 is 10.1 Å². The van der Waals surface area contributed by atoms with Crippen LogP contribution >= 0.6 is 0 Å². The van der Waals surface area contributed by atoms with Crippen molar-refractivity contribution in [2.24, 2.45) is 0 Å². The van der Waals surface area contributed by atoms with Crippen molar-refractivity contribution >= 4 is 11.7 Å². The lowest BCUT2D eigenvalue weighted by Gasteiger charge is -2.29. The van der Waals surface area contributed by atoms with Crippen molar-refractivity contribution < 1.29 is 14.3 Å². The molecule has 2 aliphatic rings. The zero-order valence-corrected chi connectivity index (χ0v) is 14.5. The second-order valence-electron chi connectivity index (χ2n) is 6.48. The highest BCUT2D eigenvalue weighted by Crippen LogP contribution is 2.44. The second kappa shape index (κ2) is 6.28. The second-order valence-corrected chi connectivity index (χ2v) is 6.48. The van der Waals surface area contributed by atoms with E-state index >= 15 is 0 Å². The number of hydrogen-bond donors (Lipinski definition) is 1. The van der Waals surface area contributed by atoms with E-state index in [4.69, 9.17) is 9.47 Å². The number of hydrogen-bond acceptors (Lipinski definition) is 4. The SMILES string of the molecule is COC(=O)C1=C(C)Oc2ccccc2[C@H]1c1ccc2c(c1)CCCN2. The molecule has 2 aliphatic heterocycles. The number of para-hydroxylation sites is 1. The van der Waals surface area contributed by atoms with E-state index < -0.39 is 0 Å². The van der Waals surface area contributed by atoms with E-state index in [1.54, 1.807) is 0 Å². The van der Waals surface area contributed by atoms with Crippen LogP contribution in [-0.2, 0) is 16.0 Å². The van der Waals surface area contributed by atoms with Crippen LogP contribution in [0.25, 0.3) is 0 Å². The average molecular weight is 335 g/mol. The zero-order chi connectivity index (χ0) is 17.4. The molecular formula is C21H21NO3. The molecule has 0 spiro atoms. The summed E-state index contributed by atoms with van der Waals surface area (Å²) in [5.74, 6) is 0.886. The number of aryl methyl sites for hydroxylation is 1. The van der Waals surface area contributed by atoms with Gasteiger partial charge in [-0.15, -0.1) is 0 Å². The third-order valence-electron chi connectivity index (χ3n) is 4.97. The van der Waals surface area contributed by atoms with Crippen LogP contribution in [0.1, 0.15) is 36.0 Å². The van der Waals surface area contributed by atoms with Crippen LogP contribution in [0.3, 0.4) is 0 Å². The van der Waals surface area contributed by atoms with Gasteiger partial charge in [-0.2, -0.15) is 0 Å². The molecule has 0 saturated carbocycles. The minimum absolute atomic E-state index is 0.176. The Morgan fingerprint density at radius 1 is 1.24 bits per heavy atom. The van der Waals surface area contributed by atoms with Crippen LogP contribution in [0.15, 0.2) is 53.8 Å². The van der Waals surface area contributed by atoms with Gasteiger partial charge in [0.2, 0.25) is 0 Å². The number of esters is 1. The molecule has 0 unspecified atom stereocenters.